The summed E-state index contributed by atoms with van der Waals surface area (Å²) >= 11 is 9.45. The second-order valence-corrected chi connectivity index (χ2v) is 12.5. The van der Waals surface area contributed by atoms with E-state index in [0.29, 0.717) is 6.42 Å². The smallest absolute Gasteiger partial charge is 0.303 e. The van der Waals surface area contributed by atoms with Crippen molar-refractivity contribution in [1.29, 1.82) is 0 Å². The van der Waals surface area contributed by atoms with E-state index < -0.39 is 12.1 Å². The molecule has 0 radical (unpaired) electrons. The molecule has 1 aliphatic heterocycles. The molecule has 0 saturated carbocycles. The van der Waals surface area contributed by atoms with Gasteiger partial charge in [0, 0.05) is 30.3 Å². The lowest BCUT2D eigenvalue weighted by Gasteiger charge is -2.38. The fourth-order valence-corrected chi connectivity index (χ4v) is 7.43. The predicted octanol–water partition coefficient (Wildman–Crippen LogP) is 6.37. The van der Waals surface area contributed by atoms with Crippen LogP contribution in [0.25, 0.3) is 10.9 Å². The third-order valence-corrected chi connectivity index (χ3v) is 9.52. The highest BCUT2D eigenvalue weighted by atomic mass is 35.5. The molecule has 1 unspecified atom stereocenters. The molecule has 1 fully saturated rings. The minimum absolute atomic E-state index is 0.0986. The second-order valence-electron chi connectivity index (χ2n) is 9.34. The van der Waals surface area contributed by atoms with E-state index in [9.17, 15) is 15.0 Å². The van der Waals surface area contributed by atoms with Crippen molar-refractivity contribution in [3.63, 3.8) is 0 Å². The third kappa shape index (κ3) is 7.35. The molecule has 1 aliphatic rings. The number of halogens is 1. The van der Waals surface area contributed by atoms with Gasteiger partial charge in [0.15, 0.2) is 0 Å². The number of aliphatic hydroxyl groups excluding tert-OH is 1. The third-order valence-electron chi connectivity index (χ3n) is 6.98. The fraction of sp³-hybridized carbons (Fsp3) is 0.481. The summed E-state index contributed by atoms with van der Waals surface area (Å²) in [6.45, 7) is 2.75. The molecule has 1 saturated heterocycles. The summed E-state index contributed by atoms with van der Waals surface area (Å²) in [7, 11) is 1.63. The van der Waals surface area contributed by atoms with Crippen LogP contribution in [-0.4, -0.2) is 58.6 Å². The number of carboxylic acid groups (broad SMARTS) is 1. The number of thiophene rings is 1. The molecule has 0 spiro atoms. The molecule has 6 nitrogen and oxygen atoms in total. The number of piperidine rings is 1. The van der Waals surface area contributed by atoms with Crippen LogP contribution in [0.5, 0.6) is 5.75 Å². The van der Waals surface area contributed by atoms with Crippen LogP contribution in [-0.2, 0) is 4.79 Å². The van der Waals surface area contributed by atoms with Gasteiger partial charge in [-0.2, -0.15) is 0 Å². The lowest BCUT2D eigenvalue weighted by atomic mass is 9.79. The monoisotopic (exact) mass is 548 g/mol. The van der Waals surface area contributed by atoms with E-state index in [-0.39, 0.29) is 18.3 Å². The van der Waals surface area contributed by atoms with E-state index in [0.717, 1.165) is 71.2 Å². The lowest BCUT2D eigenvalue weighted by Crippen LogP contribution is -2.42. The van der Waals surface area contributed by atoms with E-state index in [1.165, 1.54) is 4.21 Å². The number of aromatic nitrogens is 1. The number of rotatable bonds is 12. The first-order valence-electron chi connectivity index (χ1n) is 12.4. The minimum Gasteiger partial charge on any atom is -0.497 e. The maximum atomic E-state index is 11.6. The van der Waals surface area contributed by atoms with Gasteiger partial charge in [0.1, 0.15) is 5.75 Å². The number of ether oxygens (including phenoxy) is 1. The normalized spacial score (nSPS) is 19.4. The molecule has 36 heavy (non-hydrogen) atoms. The van der Waals surface area contributed by atoms with Gasteiger partial charge in [-0.3, -0.25) is 9.78 Å². The van der Waals surface area contributed by atoms with Crippen molar-refractivity contribution in [2.45, 2.75) is 42.4 Å². The topological polar surface area (TPSA) is 82.9 Å². The molecule has 3 atom stereocenters. The Bertz CT molecular complexity index is 1160. The van der Waals surface area contributed by atoms with Crippen molar-refractivity contribution >= 4 is 51.6 Å². The van der Waals surface area contributed by atoms with Crippen LogP contribution in [0, 0.1) is 11.8 Å². The van der Waals surface area contributed by atoms with Gasteiger partial charge in [-0.25, -0.2) is 0 Å². The van der Waals surface area contributed by atoms with Crippen molar-refractivity contribution in [2.75, 3.05) is 32.5 Å². The van der Waals surface area contributed by atoms with Crippen LogP contribution < -0.4 is 4.74 Å². The molecule has 0 bridgehead atoms. The zero-order valence-corrected chi connectivity index (χ0v) is 22.8. The zero-order chi connectivity index (χ0) is 25.5. The first-order chi connectivity index (χ1) is 17.4. The van der Waals surface area contributed by atoms with Crippen LogP contribution in [0.15, 0.2) is 46.8 Å². The highest BCUT2D eigenvalue weighted by molar-refractivity contribution is 8.01. The fourth-order valence-electron chi connectivity index (χ4n) is 5.12. The number of hydrogen-bond donors (Lipinski definition) is 2. The number of pyridine rings is 1. The highest BCUT2D eigenvalue weighted by Crippen LogP contribution is 2.35. The first kappa shape index (κ1) is 27.2. The molecule has 4 rings (SSSR count). The number of carbonyl (C=O) groups is 1. The molecule has 0 amide bonds. The minimum atomic E-state index is -0.746. The number of fused-ring (bicyclic) bond motifs is 1. The van der Waals surface area contributed by atoms with E-state index in [4.69, 9.17) is 16.3 Å². The number of nitrogens with zero attached hydrogens (tertiary/aromatic N) is 2. The van der Waals surface area contributed by atoms with Crippen molar-refractivity contribution < 1.29 is 19.7 Å². The number of hydrogen-bond acceptors (Lipinski definition) is 7. The summed E-state index contributed by atoms with van der Waals surface area (Å²) in [6, 6.07) is 11.5. The molecule has 2 aromatic heterocycles. The van der Waals surface area contributed by atoms with E-state index >= 15 is 0 Å². The van der Waals surface area contributed by atoms with Crippen LogP contribution in [0.4, 0.5) is 0 Å². The Kier molecular flexibility index (Phi) is 9.90. The maximum Gasteiger partial charge on any atom is 0.303 e. The number of benzene rings is 1. The van der Waals surface area contributed by atoms with Crippen LogP contribution in [0.3, 0.4) is 0 Å². The first-order valence-corrected chi connectivity index (χ1v) is 14.5. The number of thioether (sulfide) groups is 1. The predicted molar refractivity (Wildman–Crippen MR) is 147 cm³/mol. The van der Waals surface area contributed by atoms with E-state index in [2.05, 4.69) is 16.0 Å². The Labute approximate surface area is 225 Å². The summed E-state index contributed by atoms with van der Waals surface area (Å²) in [4.78, 5) is 18.4. The highest BCUT2D eigenvalue weighted by Gasteiger charge is 2.31. The molecule has 9 heteroatoms. The zero-order valence-electron chi connectivity index (χ0n) is 20.4. The second kappa shape index (κ2) is 13.1. The van der Waals surface area contributed by atoms with Crippen molar-refractivity contribution in [3.05, 3.63) is 52.5 Å². The molecule has 3 aromatic rings. The van der Waals surface area contributed by atoms with Gasteiger partial charge in [0.25, 0.3) is 0 Å². The van der Waals surface area contributed by atoms with Crippen molar-refractivity contribution in [1.82, 2.24) is 9.88 Å². The molecule has 1 aromatic carbocycles. The Morgan fingerprint density at radius 1 is 1.31 bits per heavy atom. The standard InChI is InChI=1S/C27H33ClN2O4S2/c1-34-20-4-5-23-22(16-20)21(9-11-29-23)24(31)6-3-18-10-13-30(17-19(18)15-26(32)33)12-2-14-35-27-8-7-25(28)36-27/h4-5,7-9,11,16,18-19,24,31H,2-3,6,10,12-15,17H2,1H3,(H,32,33)/t18-,19+,24?/m1/s1. The summed E-state index contributed by atoms with van der Waals surface area (Å²) in [5.74, 6) is 1.40. The van der Waals surface area contributed by atoms with Crippen molar-refractivity contribution in [2.24, 2.45) is 11.8 Å². The number of carboxylic acids is 1. The molecular formula is C27H33ClN2O4S2. The summed E-state index contributed by atoms with van der Waals surface area (Å²) in [5.41, 5.74) is 1.67. The van der Waals surface area contributed by atoms with E-state index in [1.54, 1.807) is 24.6 Å². The maximum absolute atomic E-state index is 11.6. The van der Waals surface area contributed by atoms with Gasteiger partial charge < -0.3 is 19.8 Å². The SMILES string of the molecule is COc1ccc2nccc(C(O)CC[C@@H]3CCN(CCCSc4ccc(Cl)s4)C[C@@H]3CC(=O)O)c2c1. The average molecular weight is 549 g/mol. The number of aliphatic hydroxyl groups is 1. The van der Waals surface area contributed by atoms with Crippen LogP contribution in [0.2, 0.25) is 4.34 Å². The lowest BCUT2D eigenvalue weighted by molar-refractivity contribution is -0.139. The summed E-state index contributed by atoms with van der Waals surface area (Å²) in [5, 5.41) is 21.5. The molecular weight excluding hydrogens is 516 g/mol. The van der Waals surface area contributed by atoms with Gasteiger partial charge >= 0.3 is 5.97 Å². The Balaban J connectivity index is 1.31. The average Bonchev–Trinajstić information content (AvgIpc) is 3.29. The number of aliphatic carboxylic acids is 1. The van der Waals surface area contributed by atoms with Crippen molar-refractivity contribution in [3.8, 4) is 5.75 Å². The Morgan fingerprint density at radius 2 is 2.17 bits per heavy atom. The number of methoxy groups -OCH3 is 1. The largest absolute Gasteiger partial charge is 0.497 e. The molecule has 0 aliphatic carbocycles. The quantitative estimate of drug-likeness (QED) is 0.201. The summed E-state index contributed by atoms with van der Waals surface area (Å²) < 4.78 is 7.41. The summed E-state index contributed by atoms with van der Waals surface area (Å²) in [6.07, 6.45) is 4.69. The Morgan fingerprint density at radius 3 is 2.92 bits per heavy atom. The van der Waals surface area contributed by atoms with Gasteiger partial charge in [0.2, 0.25) is 0 Å². The number of likely N-dealkylation sites (tertiary alicyclic amines) is 1. The van der Waals surface area contributed by atoms with Gasteiger partial charge in [-0.15, -0.1) is 23.1 Å². The van der Waals surface area contributed by atoms with Gasteiger partial charge in [0.05, 0.1) is 27.3 Å². The van der Waals surface area contributed by atoms with E-state index in [1.807, 2.05) is 42.1 Å². The van der Waals surface area contributed by atoms with Crippen LogP contribution >= 0.6 is 34.7 Å². The molecule has 3 heterocycles. The van der Waals surface area contributed by atoms with Gasteiger partial charge in [-0.1, -0.05) is 11.6 Å². The Hall–Kier alpha value is -1.84. The molecule has 194 valence electrons. The van der Waals surface area contributed by atoms with Crippen LogP contribution in [0.1, 0.15) is 43.8 Å². The molecule has 2 N–H and O–H groups in total. The van der Waals surface area contributed by atoms with Gasteiger partial charge in [-0.05, 0) is 92.6 Å².